The van der Waals surface area contributed by atoms with E-state index in [9.17, 15) is 8.78 Å². The molecule has 31 heavy (non-hydrogen) atoms. The average molecular weight is 414 g/mol. The molecular formula is C28H25F2N. The number of benzene rings is 4. The third kappa shape index (κ3) is 4.44. The van der Waals surface area contributed by atoms with E-state index in [1.807, 2.05) is 18.2 Å². The Bertz CT molecular complexity index is 1260. The lowest BCUT2D eigenvalue weighted by Crippen LogP contribution is -1.92. The summed E-state index contributed by atoms with van der Waals surface area (Å²) >= 11 is 0. The van der Waals surface area contributed by atoms with Crippen LogP contribution in [-0.4, -0.2) is 0 Å². The van der Waals surface area contributed by atoms with Crippen LogP contribution in [-0.2, 0) is 6.42 Å². The molecule has 3 heteroatoms. The number of hydrogen-bond acceptors (Lipinski definition) is 1. The van der Waals surface area contributed by atoms with Crippen molar-refractivity contribution in [2.24, 2.45) is 0 Å². The van der Waals surface area contributed by atoms with Crippen LogP contribution < -0.4 is 0 Å². The van der Waals surface area contributed by atoms with Crippen molar-refractivity contribution in [3.05, 3.63) is 83.4 Å². The molecule has 0 aliphatic carbocycles. The number of rotatable bonds is 7. The first-order valence-corrected chi connectivity index (χ1v) is 11.0. The summed E-state index contributed by atoms with van der Waals surface area (Å²) in [6.07, 6.45) is 7.49. The number of halogens is 2. The van der Waals surface area contributed by atoms with E-state index >= 15 is 0 Å². The summed E-state index contributed by atoms with van der Waals surface area (Å²) in [4.78, 5) is 0. The lowest BCUT2D eigenvalue weighted by Gasteiger charge is -2.10. The topological polar surface area (TPSA) is 23.8 Å². The van der Waals surface area contributed by atoms with Gasteiger partial charge in [-0.2, -0.15) is 5.26 Å². The van der Waals surface area contributed by atoms with Crippen LogP contribution in [0.3, 0.4) is 0 Å². The highest BCUT2D eigenvalue weighted by atomic mass is 19.1. The van der Waals surface area contributed by atoms with Crippen molar-refractivity contribution in [3.63, 3.8) is 0 Å². The van der Waals surface area contributed by atoms with Gasteiger partial charge in [-0.05, 0) is 69.3 Å². The lowest BCUT2D eigenvalue weighted by molar-refractivity contribution is 0.577. The van der Waals surface area contributed by atoms with Crippen molar-refractivity contribution in [1.29, 1.82) is 5.26 Å². The molecule has 4 aromatic rings. The molecule has 0 N–H and O–H groups in total. The maximum Gasteiger partial charge on any atom is 0.144 e. The van der Waals surface area contributed by atoms with Crippen molar-refractivity contribution in [3.8, 4) is 17.2 Å². The van der Waals surface area contributed by atoms with Crippen LogP contribution in [0.1, 0.15) is 50.2 Å². The van der Waals surface area contributed by atoms with E-state index in [2.05, 4.69) is 37.3 Å². The Kier molecular flexibility index (Phi) is 6.28. The zero-order valence-corrected chi connectivity index (χ0v) is 17.7. The van der Waals surface area contributed by atoms with Crippen molar-refractivity contribution in [2.75, 3.05) is 0 Å². The van der Waals surface area contributed by atoms with Crippen molar-refractivity contribution >= 4 is 21.5 Å². The van der Waals surface area contributed by atoms with Crippen LogP contribution in [0.4, 0.5) is 8.78 Å². The fourth-order valence-corrected chi connectivity index (χ4v) is 4.24. The van der Waals surface area contributed by atoms with Crippen molar-refractivity contribution in [1.82, 2.24) is 0 Å². The maximum absolute atomic E-state index is 14.0. The predicted molar refractivity (Wildman–Crippen MR) is 124 cm³/mol. The van der Waals surface area contributed by atoms with E-state index in [4.69, 9.17) is 5.26 Å². The molecule has 0 radical (unpaired) electrons. The Morgan fingerprint density at radius 2 is 1.35 bits per heavy atom. The molecule has 0 heterocycles. The fourth-order valence-electron chi connectivity index (χ4n) is 4.24. The standard InChI is InChI=1S/C28H25F2N/c1-2-3-4-5-6-7-19-8-12-24-21(14-19)9-10-22-15-20(11-13-25(22)24)23-16-27(29)26(18-31)28(30)17-23/h8-17H,2-7H2,1H3. The van der Waals surface area contributed by atoms with Gasteiger partial charge in [-0.1, -0.05) is 75.1 Å². The second-order valence-electron chi connectivity index (χ2n) is 8.15. The van der Waals surface area contributed by atoms with E-state index in [-0.39, 0.29) is 0 Å². The molecule has 0 saturated carbocycles. The molecule has 0 spiro atoms. The Morgan fingerprint density at radius 3 is 2.03 bits per heavy atom. The maximum atomic E-state index is 14.0. The summed E-state index contributed by atoms with van der Waals surface area (Å²) in [5, 5.41) is 13.4. The van der Waals surface area contributed by atoms with Crippen LogP contribution in [0.5, 0.6) is 0 Å². The van der Waals surface area contributed by atoms with E-state index in [0.29, 0.717) is 5.56 Å². The molecule has 0 amide bonds. The number of aryl methyl sites for hydroxylation is 1. The first-order chi connectivity index (χ1) is 15.1. The van der Waals surface area contributed by atoms with E-state index < -0.39 is 17.2 Å². The number of nitriles is 1. The average Bonchev–Trinajstić information content (AvgIpc) is 2.78. The van der Waals surface area contributed by atoms with Gasteiger partial charge in [0.15, 0.2) is 0 Å². The van der Waals surface area contributed by atoms with E-state index in [1.54, 1.807) is 6.07 Å². The summed E-state index contributed by atoms with van der Waals surface area (Å²) in [6.45, 7) is 2.23. The normalized spacial score (nSPS) is 11.2. The zero-order valence-electron chi connectivity index (χ0n) is 17.7. The van der Waals surface area contributed by atoms with Gasteiger partial charge in [0, 0.05) is 0 Å². The molecular weight excluding hydrogens is 388 g/mol. The second-order valence-corrected chi connectivity index (χ2v) is 8.15. The number of hydrogen-bond donors (Lipinski definition) is 0. The summed E-state index contributed by atoms with van der Waals surface area (Å²) in [6, 6.07) is 20.7. The molecule has 0 aliphatic rings. The monoisotopic (exact) mass is 413 g/mol. The van der Waals surface area contributed by atoms with Gasteiger partial charge in [-0.15, -0.1) is 0 Å². The quantitative estimate of drug-likeness (QED) is 0.221. The summed E-state index contributed by atoms with van der Waals surface area (Å²) < 4.78 is 28.1. The number of unbranched alkanes of at least 4 members (excludes halogenated alkanes) is 4. The Labute approximate surface area is 181 Å². The van der Waals surface area contributed by atoms with Gasteiger partial charge in [0.05, 0.1) is 0 Å². The molecule has 0 atom stereocenters. The third-order valence-corrected chi connectivity index (χ3v) is 5.96. The first-order valence-electron chi connectivity index (χ1n) is 11.0. The van der Waals surface area contributed by atoms with Crippen LogP contribution in [0.2, 0.25) is 0 Å². The van der Waals surface area contributed by atoms with Crippen molar-refractivity contribution < 1.29 is 8.78 Å². The van der Waals surface area contributed by atoms with E-state index in [1.165, 1.54) is 60.6 Å². The molecule has 1 nitrogen and oxygen atoms in total. The molecule has 156 valence electrons. The van der Waals surface area contributed by atoms with Gasteiger partial charge < -0.3 is 0 Å². The van der Waals surface area contributed by atoms with Gasteiger partial charge in [-0.25, -0.2) is 8.78 Å². The molecule has 4 rings (SSSR count). The summed E-state index contributed by atoms with van der Waals surface area (Å²) in [5.41, 5.74) is 1.97. The SMILES string of the molecule is CCCCCCCc1ccc2c(ccc3cc(-c4cc(F)c(C#N)c(F)c4)ccc32)c1. The molecule has 0 saturated heterocycles. The van der Waals surface area contributed by atoms with Gasteiger partial charge in [0.2, 0.25) is 0 Å². The highest BCUT2D eigenvalue weighted by molar-refractivity contribution is 6.08. The first kappa shape index (κ1) is 21.0. The Morgan fingerprint density at radius 1 is 0.710 bits per heavy atom. The highest BCUT2D eigenvalue weighted by Gasteiger charge is 2.12. The van der Waals surface area contributed by atoms with E-state index in [0.717, 1.165) is 22.8 Å². The Balaban J connectivity index is 1.63. The third-order valence-electron chi connectivity index (χ3n) is 5.96. The highest BCUT2D eigenvalue weighted by Crippen LogP contribution is 2.31. The summed E-state index contributed by atoms with van der Waals surface area (Å²) in [5.74, 6) is -1.67. The van der Waals surface area contributed by atoms with Crippen LogP contribution in [0.25, 0.3) is 32.7 Å². The molecule has 0 fully saturated rings. The minimum absolute atomic E-state index is 0.425. The van der Waals surface area contributed by atoms with Gasteiger partial charge >= 0.3 is 0 Å². The predicted octanol–water partition coefficient (Wildman–Crippen LogP) is 8.32. The second kappa shape index (κ2) is 9.27. The molecule has 4 aromatic carbocycles. The number of nitrogens with zero attached hydrogens (tertiary/aromatic N) is 1. The van der Waals surface area contributed by atoms with Crippen LogP contribution >= 0.6 is 0 Å². The molecule has 0 unspecified atom stereocenters. The molecule has 0 aromatic heterocycles. The minimum Gasteiger partial charge on any atom is -0.205 e. The van der Waals surface area contributed by atoms with Gasteiger partial charge in [0.1, 0.15) is 23.3 Å². The Hall–Kier alpha value is -3.25. The summed E-state index contributed by atoms with van der Waals surface area (Å²) in [7, 11) is 0. The number of fused-ring (bicyclic) bond motifs is 3. The lowest BCUT2D eigenvalue weighted by atomic mass is 9.95. The van der Waals surface area contributed by atoms with Gasteiger partial charge in [-0.3, -0.25) is 0 Å². The van der Waals surface area contributed by atoms with Crippen LogP contribution in [0.15, 0.2) is 60.7 Å². The fraction of sp³-hybridized carbons (Fsp3) is 0.250. The molecule has 0 aliphatic heterocycles. The van der Waals surface area contributed by atoms with Crippen molar-refractivity contribution in [2.45, 2.75) is 45.4 Å². The van der Waals surface area contributed by atoms with Crippen LogP contribution in [0, 0.1) is 23.0 Å². The molecule has 0 bridgehead atoms. The van der Waals surface area contributed by atoms with Gasteiger partial charge in [0.25, 0.3) is 0 Å². The minimum atomic E-state index is -0.835. The zero-order chi connectivity index (χ0) is 21.8. The largest absolute Gasteiger partial charge is 0.205 e. The smallest absolute Gasteiger partial charge is 0.144 e.